The molecule has 3 heterocycles. The summed E-state index contributed by atoms with van der Waals surface area (Å²) >= 11 is 0. The summed E-state index contributed by atoms with van der Waals surface area (Å²) in [6.07, 6.45) is 1.64. The van der Waals surface area contributed by atoms with Gasteiger partial charge >= 0.3 is 0 Å². The molecule has 0 amide bonds. The van der Waals surface area contributed by atoms with Crippen LogP contribution >= 0.6 is 0 Å². The van der Waals surface area contributed by atoms with Crippen LogP contribution in [0.1, 0.15) is 0 Å². The second kappa shape index (κ2) is 8.37. The van der Waals surface area contributed by atoms with E-state index in [2.05, 4.69) is 47.8 Å². The van der Waals surface area contributed by atoms with Crippen molar-refractivity contribution in [2.24, 2.45) is 0 Å². The van der Waals surface area contributed by atoms with E-state index in [4.69, 9.17) is 4.74 Å². The summed E-state index contributed by atoms with van der Waals surface area (Å²) in [7, 11) is 4.06. The van der Waals surface area contributed by atoms with Crippen LogP contribution in [0.15, 0.2) is 24.5 Å². The molecule has 1 aromatic carbocycles. The quantitative estimate of drug-likeness (QED) is 0.782. The van der Waals surface area contributed by atoms with Crippen LogP contribution in [-0.4, -0.2) is 99.4 Å². The molecule has 0 atom stereocenters. The van der Waals surface area contributed by atoms with Crippen molar-refractivity contribution in [2.75, 3.05) is 89.5 Å². The van der Waals surface area contributed by atoms with Crippen molar-refractivity contribution in [1.82, 2.24) is 19.8 Å². The number of anilines is 2. The first-order valence-corrected chi connectivity index (χ1v) is 9.90. The molecule has 2 aliphatic heterocycles. The Kier molecular flexibility index (Phi) is 5.71. The van der Waals surface area contributed by atoms with Crippen LogP contribution in [0.4, 0.5) is 11.5 Å². The number of nitrogens with zero attached hydrogens (tertiary/aromatic N) is 6. The van der Waals surface area contributed by atoms with Crippen molar-refractivity contribution >= 4 is 22.4 Å². The molecule has 7 heteroatoms. The van der Waals surface area contributed by atoms with E-state index in [1.54, 1.807) is 6.33 Å². The van der Waals surface area contributed by atoms with Gasteiger partial charge in [0.25, 0.3) is 0 Å². The summed E-state index contributed by atoms with van der Waals surface area (Å²) in [6, 6.07) is 6.55. The predicted molar refractivity (Wildman–Crippen MR) is 110 cm³/mol. The number of fused-ring (bicyclic) bond motifs is 1. The van der Waals surface area contributed by atoms with Gasteiger partial charge in [-0.1, -0.05) is 0 Å². The highest BCUT2D eigenvalue weighted by molar-refractivity contribution is 5.91. The third kappa shape index (κ3) is 4.31. The fourth-order valence-electron chi connectivity index (χ4n) is 3.92. The lowest BCUT2D eigenvalue weighted by Gasteiger charge is -2.37. The molecule has 2 aliphatic rings. The zero-order chi connectivity index (χ0) is 18.6. The van der Waals surface area contributed by atoms with Gasteiger partial charge in [0.05, 0.1) is 18.7 Å². The van der Waals surface area contributed by atoms with E-state index in [0.717, 1.165) is 82.3 Å². The van der Waals surface area contributed by atoms with Crippen molar-refractivity contribution in [2.45, 2.75) is 0 Å². The van der Waals surface area contributed by atoms with Crippen LogP contribution in [0.3, 0.4) is 0 Å². The third-order valence-electron chi connectivity index (χ3n) is 5.60. The SMILES string of the molecule is CN(C)c1ncnc2ccc(N3CCN(CCN4CCOCC4)CC3)cc12. The molecule has 0 radical (unpaired) electrons. The smallest absolute Gasteiger partial charge is 0.139 e. The number of rotatable bonds is 5. The van der Waals surface area contributed by atoms with Gasteiger partial charge in [-0.25, -0.2) is 9.97 Å². The van der Waals surface area contributed by atoms with E-state index in [0.29, 0.717) is 0 Å². The highest BCUT2D eigenvalue weighted by Gasteiger charge is 2.19. The second-order valence-electron chi connectivity index (χ2n) is 7.58. The van der Waals surface area contributed by atoms with Crippen LogP contribution in [0.25, 0.3) is 10.9 Å². The Morgan fingerprint density at radius 1 is 0.926 bits per heavy atom. The first-order chi connectivity index (χ1) is 13.2. The Balaban J connectivity index is 1.37. The fraction of sp³-hybridized carbons (Fsp3) is 0.600. The zero-order valence-electron chi connectivity index (χ0n) is 16.5. The highest BCUT2D eigenvalue weighted by atomic mass is 16.5. The Labute approximate surface area is 161 Å². The topological polar surface area (TPSA) is 48.0 Å². The van der Waals surface area contributed by atoms with Crippen LogP contribution in [-0.2, 0) is 4.74 Å². The van der Waals surface area contributed by atoms with Gasteiger partial charge in [0, 0.05) is 77.5 Å². The molecule has 27 heavy (non-hydrogen) atoms. The molecule has 0 aliphatic carbocycles. The lowest BCUT2D eigenvalue weighted by Crippen LogP contribution is -2.49. The Morgan fingerprint density at radius 3 is 2.33 bits per heavy atom. The Morgan fingerprint density at radius 2 is 1.63 bits per heavy atom. The van der Waals surface area contributed by atoms with Gasteiger partial charge in [0.2, 0.25) is 0 Å². The van der Waals surface area contributed by atoms with Crippen molar-refractivity contribution in [3.8, 4) is 0 Å². The molecular weight excluding hydrogens is 340 g/mol. The molecule has 2 aromatic rings. The van der Waals surface area contributed by atoms with Gasteiger partial charge in [-0.3, -0.25) is 9.80 Å². The number of piperazine rings is 1. The summed E-state index contributed by atoms with van der Waals surface area (Å²) in [6.45, 7) is 10.6. The molecule has 0 saturated carbocycles. The maximum Gasteiger partial charge on any atom is 0.139 e. The lowest BCUT2D eigenvalue weighted by atomic mass is 10.1. The van der Waals surface area contributed by atoms with E-state index in [9.17, 15) is 0 Å². The van der Waals surface area contributed by atoms with Crippen LogP contribution in [0, 0.1) is 0 Å². The first kappa shape index (κ1) is 18.4. The maximum atomic E-state index is 5.43. The molecule has 0 unspecified atom stereocenters. The predicted octanol–water partition coefficient (Wildman–Crippen LogP) is 1.15. The summed E-state index contributed by atoms with van der Waals surface area (Å²) in [5.41, 5.74) is 2.27. The van der Waals surface area contributed by atoms with Crippen LogP contribution in [0.5, 0.6) is 0 Å². The molecule has 146 valence electrons. The summed E-state index contributed by atoms with van der Waals surface area (Å²) in [5, 5.41) is 1.12. The molecule has 2 fully saturated rings. The molecule has 0 spiro atoms. The molecule has 0 N–H and O–H groups in total. The highest BCUT2D eigenvalue weighted by Crippen LogP contribution is 2.27. The summed E-state index contributed by atoms with van der Waals surface area (Å²) in [4.78, 5) is 18.5. The molecule has 4 rings (SSSR count). The zero-order valence-corrected chi connectivity index (χ0v) is 16.5. The number of hydrogen-bond acceptors (Lipinski definition) is 7. The van der Waals surface area contributed by atoms with Crippen molar-refractivity contribution in [3.05, 3.63) is 24.5 Å². The Hall–Kier alpha value is -1.96. The van der Waals surface area contributed by atoms with Gasteiger partial charge in [-0.2, -0.15) is 0 Å². The summed E-state index contributed by atoms with van der Waals surface area (Å²) in [5.74, 6) is 0.978. The van der Waals surface area contributed by atoms with Gasteiger partial charge in [-0.15, -0.1) is 0 Å². The average molecular weight is 371 g/mol. The van der Waals surface area contributed by atoms with Crippen LogP contribution < -0.4 is 9.80 Å². The standard InChI is InChI=1S/C20H30N6O/c1-23(2)20-18-15-17(3-4-19(18)21-16-22-20)26-9-7-24(8-10-26)5-6-25-11-13-27-14-12-25/h3-4,15-16H,5-14H2,1-2H3. The van der Waals surface area contributed by atoms with Crippen LogP contribution in [0.2, 0.25) is 0 Å². The van der Waals surface area contributed by atoms with Gasteiger partial charge in [0.1, 0.15) is 12.1 Å². The number of morpholine rings is 1. The van der Waals surface area contributed by atoms with E-state index in [1.165, 1.54) is 5.69 Å². The summed E-state index contributed by atoms with van der Waals surface area (Å²) < 4.78 is 5.43. The molecule has 0 bridgehead atoms. The monoisotopic (exact) mass is 370 g/mol. The van der Waals surface area contributed by atoms with E-state index in [1.807, 2.05) is 14.1 Å². The van der Waals surface area contributed by atoms with Crippen molar-refractivity contribution < 1.29 is 4.74 Å². The van der Waals surface area contributed by atoms with E-state index in [-0.39, 0.29) is 0 Å². The molecule has 7 nitrogen and oxygen atoms in total. The minimum atomic E-state index is 0.883. The first-order valence-electron chi connectivity index (χ1n) is 9.90. The number of aromatic nitrogens is 2. The number of ether oxygens (including phenoxy) is 1. The minimum Gasteiger partial charge on any atom is -0.379 e. The largest absolute Gasteiger partial charge is 0.379 e. The Bertz CT molecular complexity index is 753. The lowest BCUT2D eigenvalue weighted by molar-refractivity contribution is 0.0331. The molecular formula is C20H30N6O. The van der Waals surface area contributed by atoms with Gasteiger partial charge in [0.15, 0.2) is 0 Å². The van der Waals surface area contributed by atoms with E-state index >= 15 is 0 Å². The van der Waals surface area contributed by atoms with Crippen molar-refractivity contribution in [3.63, 3.8) is 0 Å². The second-order valence-corrected chi connectivity index (χ2v) is 7.58. The molecule has 1 aromatic heterocycles. The normalized spacial score (nSPS) is 19.6. The minimum absolute atomic E-state index is 0.883. The third-order valence-corrected chi connectivity index (χ3v) is 5.60. The number of hydrogen-bond donors (Lipinski definition) is 0. The maximum absolute atomic E-state index is 5.43. The average Bonchev–Trinajstić information content (AvgIpc) is 2.72. The fourth-order valence-corrected chi connectivity index (χ4v) is 3.92. The van der Waals surface area contributed by atoms with Gasteiger partial charge < -0.3 is 14.5 Å². The van der Waals surface area contributed by atoms with Gasteiger partial charge in [-0.05, 0) is 18.2 Å². The van der Waals surface area contributed by atoms with Crippen molar-refractivity contribution in [1.29, 1.82) is 0 Å². The molecule has 2 saturated heterocycles. The van der Waals surface area contributed by atoms with E-state index < -0.39 is 0 Å². The number of benzene rings is 1.